The molecule has 0 radical (unpaired) electrons. The fraction of sp³-hybridized carbons (Fsp3) is 0.917. The molecule has 3 rings (SSSR count). The Labute approximate surface area is 102 Å². The summed E-state index contributed by atoms with van der Waals surface area (Å²) < 4.78 is 5.51. The minimum Gasteiger partial charge on any atom is -0.366 e. The van der Waals surface area contributed by atoms with E-state index in [-0.39, 0.29) is 12.0 Å². The lowest BCUT2D eigenvalue weighted by molar-refractivity contribution is -0.147. The van der Waals surface area contributed by atoms with E-state index in [4.69, 9.17) is 4.74 Å². The van der Waals surface area contributed by atoms with Crippen LogP contribution in [0.1, 0.15) is 12.8 Å². The predicted octanol–water partition coefficient (Wildman–Crippen LogP) is -0.719. The first-order valence-corrected chi connectivity index (χ1v) is 6.70. The highest BCUT2D eigenvalue weighted by atomic mass is 16.5. The molecule has 3 aliphatic rings. The smallest absolute Gasteiger partial charge is 0.253 e. The van der Waals surface area contributed by atoms with Crippen LogP contribution in [-0.2, 0) is 9.53 Å². The summed E-state index contributed by atoms with van der Waals surface area (Å²) in [6, 6.07) is 0.819. The Kier molecular flexibility index (Phi) is 3.31. The number of carbonyl (C=O) groups is 1. The van der Waals surface area contributed by atoms with Gasteiger partial charge in [0.2, 0.25) is 0 Å². The maximum atomic E-state index is 12.2. The summed E-state index contributed by atoms with van der Waals surface area (Å²) in [6.45, 7) is 6.00. The molecule has 3 fully saturated rings. The normalized spacial score (nSPS) is 31.5. The molecule has 5 nitrogen and oxygen atoms in total. The Hall–Kier alpha value is -0.650. The molecule has 2 heterocycles. The molecule has 0 aromatic carbocycles. The van der Waals surface area contributed by atoms with Crippen molar-refractivity contribution in [2.75, 3.05) is 45.9 Å². The van der Waals surface area contributed by atoms with Crippen LogP contribution < -0.4 is 5.32 Å². The van der Waals surface area contributed by atoms with Crippen molar-refractivity contribution in [2.45, 2.75) is 25.0 Å². The summed E-state index contributed by atoms with van der Waals surface area (Å²) in [4.78, 5) is 16.7. The van der Waals surface area contributed by atoms with E-state index in [1.165, 1.54) is 12.8 Å². The van der Waals surface area contributed by atoms with E-state index >= 15 is 0 Å². The second-order valence-electron chi connectivity index (χ2n) is 5.16. The van der Waals surface area contributed by atoms with Crippen LogP contribution in [0.2, 0.25) is 0 Å². The van der Waals surface area contributed by atoms with E-state index in [1.807, 2.05) is 4.90 Å². The first-order chi connectivity index (χ1) is 8.34. The number of amides is 1. The van der Waals surface area contributed by atoms with Crippen molar-refractivity contribution >= 4 is 5.91 Å². The molecule has 1 unspecified atom stereocenters. The number of hydrogen-bond acceptors (Lipinski definition) is 4. The summed E-state index contributed by atoms with van der Waals surface area (Å²) >= 11 is 0. The molecule has 1 amide bonds. The summed E-state index contributed by atoms with van der Waals surface area (Å²) in [5.74, 6) is 0.174. The minimum atomic E-state index is -0.253. The highest BCUT2D eigenvalue weighted by Crippen LogP contribution is 2.27. The first-order valence-electron chi connectivity index (χ1n) is 6.70. The third-order valence-corrected chi connectivity index (χ3v) is 3.89. The molecule has 2 saturated heterocycles. The van der Waals surface area contributed by atoms with E-state index in [0.29, 0.717) is 13.2 Å². The summed E-state index contributed by atoms with van der Waals surface area (Å²) in [5.41, 5.74) is 0. The molecular formula is C12H21N3O2. The van der Waals surface area contributed by atoms with Crippen molar-refractivity contribution in [3.05, 3.63) is 0 Å². The number of nitrogens with one attached hydrogen (secondary N) is 1. The zero-order chi connectivity index (χ0) is 11.7. The van der Waals surface area contributed by atoms with Gasteiger partial charge in [0.25, 0.3) is 5.91 Å². The maximum Gasteiger partial charge on any atom is 0.253 e. The number of piperazine rings is 1. The average molecular weight is 239 g/mol. The molecule has 1 saturated carbocycles. The van der Waals surface area contributed by atoms with Crippen molar-refractivity contribution < 1.29 is 9.53 Å². The largest absolute Gasteiger partial charge is 0.366 e. The third-order valence-electron chi connectivity index (χ3n) is 3.89. The van der Waals surface area contributed by atoms with Crippen LogP contribution in [0.15, 0.2) is 0 Å². The standard InChI is InChI=1S/C12H21N3O2/c16-12(11-9-13-3-8-17-11)15-6-4-14(5-7-15)10-1-2-10/h10-11,13H,1-9H2. The van der Waals surface area contributed by atoms with Crippen molar-refractivity contribution in [1.82, 2.24) is 15.1 Å². The Bertz CT molecular complexity index is 279. The number of carbonyl (C=O) groups excluding carboxylic acids is 1. The van der Waals surface area contributed by atoms with Crippen LogP contribution in [0.25, 0.3) is 0 Å². The first kappa shape index (κ1) is 11.4. The van der Waals surface area contributed by atoms with Gasteiger partial charge < -0.3 is 15.0 Å². The van der Waals surface area contributed by atoms with E-state index in [9.17, 15) is 4.79 Å². The van der Waals surface area contributed by atoms with Gasteiger partial charge in [-0.05, 0) is 12.8 Å². The molecule has 1 atom stereocenters. The highest BCUT2D eigenvalue weighted by Gasteiger charge is 2.34. The fourth-order valence-corrected chi connectivity index (χ4v) is 2.67. The lowest BCUT2D eigenvalue weighted by atomic mass is 10.2. The van der Waals surface area contributed by atoms with Gasteiger partial charge in [-0.25, -0.2) is 0 Å². The van der Waals surface area contributed by atoms with Crippen molar-refractivity contribution in [3.8, 4) is 0 Å². The minimum absolute atomic E-state index is 0.174. The molecule has 0 spiro atoms. The zero-order valence-electron chi connectivity index (χ0n) is 10.2. The number of ether oxygens (including phenoxy) is 1. The average Bonchev–Trinajstić information content (AvgIpc) is 3.24. The van der Waals surface area contributed by atoms with Gasteiger partial charge in [0.1, 0.15) is 6.10 Å². The molecule has 0 aromatic heterocycles. The zero-order valence-corrected chi connectivity index (χ0v) is 10.2. The topological polar surface area (TPSA) is 44.8 Å². The number of morpholine rings is 1. The SMILES string of the molecule is O=C(C1CNCCO1)N1CCN(C2CC2)CC1. The second kappa shape index (κ2) is 4.92. The Morgan fingerprint density at radius 2 is 1.94 bits per heavy atom. The molecule has 0 aromatic rings. The van der Waals surface area contributed by atoms with Crippen molar-refractivity contribution in [1.29, 1.82) is 0 Å². The van der Waals surface area contributed by atoms with Gasteiger partial charge in [0.15, 0.2) is 0 Å². The van der Waals surface area contributed by atoms with E-state index in [2.05, 4.69) is 10.2 Å². The second-order valence-corrected chi connectivity index (χ2v) is 5.16. The van der Waals surface area contributed by atoms with Crippen LogP contribution in [-0.4, -0.2) is 73.7 Å². The number of hydrogen-bond donors (Lipinski definition) is 1. The van der Waals surface area contributed by atoms with E-state index in [0.717, 1.165) is 38.8 Å². The Morgan fingerprint density at radius 1 is 1.18 bits per heavy atom. The lowest BCUT2D eigenvalue weighted by Gasteiger charge is -2.37. The molecule has 5 heteroatoms. The van der Waals surface area contributed by atoms with Crippen LogP contribution in [0.4, 0.5) is 0 Å². The predicted molar refractivity (Wildman–Crippen MR) is 63.8 cm³/mol. The molecule has 96 valence electrons. The van der Waals surface area contributed by atoms with Crippen LogP contribution in [0.5, 0.6) is 0 Å². The molecular weight excluding hydrogens is 218 g/mol. The van der Waals surface area contributed by atoms with E-state index < -0.39 is 0 Å². The lowest BCUT2D eigenvalue weighted by Crippen LogP contribution is -2.55. The van der Waals surface area contributed by atoms with Gasteiger partial charge in [-0.1, -0.05) is 0 Å². The third kappa shape index (κ3) is 2.61. The van der Waals surface area contributed by atoms with Crippen molar-refractivity contribution in [2.24, 2.45) is 0 Å². The van der Waals surface area contributed by atoms with Crippen molar-refractivity contribution in [3.63, 3.8) is 0 Å². The van der Waals surface area contributed by atoms with Crippen LogP contribution in [0, 0.1) is 0 Å². The van der Waals surface area contributed by atoms with Gasteiger partial charge >= 0.3 is 0 Å². The van der Waals surface area contributed by atoms with Gasteiger partial charge in [-0.3, -0.25) is 9.69 Å². The summed E-state index contributed by atoms with van der Waals surface area (Å²) in [5, 5.41) is 3.21. The van der Waals surface area contributed by atoms with Gasteiger partial charge in [-0.15, -0.1) is 0 Å². The molecule has 2 aliphatic heterocycles. The Balaban J connectivity index is 1.49. The monoisotopic (exact) mass is 239 g/mol. The summed E-state index contributed by atoms with van der Waals surface area (Å²) in [7, 11) is 0. The van der Waals surface area contributed by atoms with Gasteiger partial charge in [0, 0.05) is 45.3 Å². The number of rotatable bonds is 2. The molecule has 17 heavy (non-hydrogen) atoms. The van der Waals surface area contributed by atoms with Gasteiger partial charge in [-0.2, -0.15) is 0 Å². The Morgan fingerprint density at radius 3 is 2.53 bits per heavy atom. The van der Waals surface area contributed by atoms with Crippen LogP contribution in [0.3, 0.4) is 0 Å². The molecule has 1 aliphatic carbocycles. The fourth-order valence-electron chi connectivity index (χ4n) is 2.67. The van der Waals surface area contributed by atoms with Crippen LogP contribution >= 0.6 is 0 Å². The number of nitrogens with zero attached hydrogens (tertiary/aromatic N) is 2. The summed E-state index contributed by atoms with van der Waals surface area (Å²) in [6.07, 6.45) is 2.45. The molecule has 1 N–H and O–H groups in total. The van der Waals surface area contributed by atoms with E-state index in [1.54, 1.807) is 0 Å². The molecule has 0 bridgehead atoms. The quantitative estimate of drug-likeness (QED) is 0.691. The van der Waals surface area contributed by atoms with Gasteiger partial charge in [0.05, 0.1) is 6.61 Å². The highest BCUT2D eigenvalue weighted by molar-refractivity contribution is 5.81. The maximum absolute atomic E-state index is 12.2.